The van der Waals surface area contributed by atoms with Crippen molar-refractivity contribution in [3.8, 4) is 11.3 Å². The molecular formula is C9H7N6O+. The van der Waals surface area contributed by atoms with Crippen LogP contribution in [0.5, 0.6) is 0 Å². The molecule has 0 aliphatic carbocycles. The number of aromatic amines is 1. The lowest BCUT2D eigenvalue weighted by Crippen LogP contribution is -1.94. The standard InChI is InChI=1S/C9H6N6O/c10-15-14-9(16)8-4-7(12-13-8)6-2-1-3-11-5-6/h1-5H,(H-,10,12,13,14,16)/p+1. The SMILES string of the molecule is N=[N+]=NC(=O)c1cc(-c2cccnc2)n[nH]1. The summed E-state index contributed by atoms with van der Waals surface area (Å²) in [5.41, 5.74) is 8.02. The molecule has 2 heterocycles. The molecule has 78 valence electrons. The second-order valence-electron chi connectivity index (χ2n) is 2.91. The predicted molar refractivity (Wildman–Crippen MR) is 53.4 cm³/mol. The Morgan fingerprint density at radius 2 is 2.44 bits per heavy atom. The summed E-state index contributed by atoms with van der Waals surface area (Å²) in [7, 11) is 0. The van der Waals surface area contributed by atoms with Crippen LogP contribution in [-0.4, -0.2) is 21.1 Å². The summed E-state index contributed by atoms with van der Waals surface area (Å²) in [5.74, 6) is -0.627. The predicted octanol–water partition coefficient (Wildman–Crippen LogP) is 1.16. The van der Waals surface area contributed by atoms with Crippen molar-refractivity contribution in [1.82, 2.24) is 20.1 Å². The van der Waals surface area contributed by atoms with Gasteiger partial charge in [-0.2, -0.15) is 5.10 Å². The van der Waals surface area contributed by atoms with E-state index in [1.165, 1.54) is 6.07 Å². The maximum absolute atomic E-state index is 11.2. The number of nitrogens with one attached hydrogen (secondary N) is 2. The normalized spacial score (nSPS) is 9.50. The largest absolute Gasteiger partial charge is 0.378 e. The number of pyridine rings is 1. The molecule has 0 fully saturated rings. The summed E-state index contributed by atoms with van der Waals surface area (Å²) in [4.78, 5) is 17.8. The number of rotatable bonds is 2. The van der Waals surface area contributed by atoms with Gasteiger partial charge in [0, 0.05) is 18.0 Å². The van der Waals surface area contributed by atoms with Gasteiger partial charge in [-0.05, 0) is 18.2 Å². The van der Waals surface area contributed by atoms with Gasteiger partial charge in [-0.15, -0.1) is 0 Å². The molecule has 2 N–H and O–H groups in total. The van der Waals surface area contributed by atoms with Gasteiger partial charge in [-0.3, -0.25) is 14.9 Å². The molecule has 0 aliphatic heterocycles. The van der Waals surface area contributed by atoms with Gasteiger partial charge >= 0.3 is 5.91 Å². The molecule has 0 bridgehead atoms. The number of hydrogen-bond donors (Lipinski definition) is 2. The highest BCUT2D eigenvalue weighted by Gasteiger charge is 2.13. The number of hydrogen-bond acceptors (Lipinski definition) is 4. The number of nitrogens with zero attached hydrogens (tertiary/aromatic N) is 4. The van der Waals surface area contributed by atoms with Crippen LogP contribution in [0, 0.1) is 5.53 Å². The van der Waals surface area contributed by atoms with Gasteiger partial charge in [0.25, 0.3) is 0 Å². The van der Waals surface area contributed by atoms with Gasteiger partial charge in [0.1, 0.15) is 11.2 Å². The van der Waals surface area contributed by atoms with E-state index < -0.39 is 5.91 Å². The Labute approximate surface area is 89.8 Å². The molecule has 2 rings (SSSR count). The first-order valence-electron chi connectivity index (χ1n) is 4.39. The minimum Gasteiger partial charge on any atom is -0.272 e. The molecular weight excluding hydrogens is 208 g/mol. The van der Waals surface area contributed by atoms with Crippen molar-refractivity contribution in [1.29, 1.82) is 5.53 Å². The molecule has 0 saturated heterocycles. The molecule has 2 aromatic rings. The molecule has 7 heteroatoms. The molecule has 0 aliphatic rings. The first-order chi connectivity index (χ1) is 7.81. The van der Waals surface area contributed by atoms with Gasteiger partial charge in [0.15, 0.2) is 0 Å². The zero-order valence-corrected chi connectivity index (χ0v) is 8.08. The van der Waals surface area contributed by atoms with Crippen molar-refractivity contribution in [3.05, 3.63) is 36.3 Å². The Bertz CT molecular complexity index is 554. The zero-order valence-electron chi connectivity index (χ0n) is 8.08. The first-order valence-corrected chi connectivity index (χ1v) is 4.39. The first kappa shape index (κ1) is 9.88. The van der Waals surface area contributed by atoms with Crippen molar-refractivity contribution in [2.75, 3.05) is 0 Å². The van der Waals surface area contributed by atoms with Gasteiger partial charge in [0.2, 0.25) is 10.0 Å². The third kappa shape index (κ3) is 1.89. The average molecular weight is 215 g/mol. The average Bonchev–Trinajstić information content (AvgIpc) is 2.80. The molecule has 0 radical (unpaired) electrons. The number of carbonyl (C=O) groups is 1. The molecule has 0 spiro atoms. The fourth-order valence-corrected chi connectivity index (χ4v) is 1.19. The van der Waals surface area contributed by atoms with E-state index in [0.29, 0.717) is 5.69 Å². The smallest absolute Gasteiger partial charge is 0.272 e. The molecule has 1 amide bonds. The summed E-state index contributed by atoms with van der Waals surface area (Å²) < 4.78 is 0. The molecule has 0 atom stereocenters. The maximum Gasteiger partial charge on any atom is 0.378 e. The Morgan fingerprint density at radius 1 is 1.56 bits per heavy atom. The molecule has 7 nitrogen and oxygen atoms in total. The second kappa shape index (κ2) is 4.24. The van der Waals surface area contributed by atoms with E-state index >= 15 is 0 Å². The van der Waals surface area contributed by atoms with Crippen LogP contribution in [0.2, 0.25) is 0 Å². The van der Waals surface area contributed by atoms with Crippen molar-refractivity contribution < 1.29 is 4.79 Å². The minimum absolute atomic E-state index is 0.190. The summed E-state index contributed by atoms with van der Waals surface area (Å²) >= 11 is 0. The number of aromatic nitrogens is 3. The van der Waals surface area contributed by atoms with Crippen LogP contribution in [0.1, 0.15) is 10.5 Å². The molecule has 0 aromatic carbocycles. The van der Waals surface area contributed by atoms with Crippen LogP contribution in [0.4, 0.5) is 0 Å². The van der Waals surface area contributed by atoms with Crippen LogP contribution in [-0.2, 0) is 0 Å². The highest BCUT2D eigenvalue weighted by Crippen LogP contribution is 2.15. The van der Waals surface area contributed by atoms with Crippen molar-refractivity contribution in [2.45, 2.75) is 0 Å². The summed E-state index contributed by atoms with van der Waals surface area (Å²) in [5, 5.41) is 9.53. The highest BCUT2D eigenvalue weighted by molar-refractivity contribution is 5.93. The summed E-state index contributed by atoms with van der Waals surface area (Å²) in [6.45, 7) is 0. The van der Waals surface area contributed by atoms with Crippen molar-refractivity contribution in [3.63, 3.8) is 0 Å². The third-order valence-electron chi connectivity index (χ3n) is 1.91. The zero-order chi connectivity index (χ0) is 11.4. The lowest BCUT2D eigenvalue weighted by Gasteiger charge is -1.91. The number of amides is 1. The monoisotopic (exact) mass is 215 g/mol. The minimum atomic E-state index is -0.627. The summed E-state index contributed by atoms with van der Waals surface area (Å²) in [6, 6.07) is 5.13. The molecule has 2 aromatic heterocycles. The van der Waals surface area contributed by atoms with Crippen LogP contribution in [0.25, 0.3) is 11.3 Å². The number of carbonyl (C=O) groups excluding carboxylic acids is 1. The van der Waals surface area contributed by atoms with Gasteiger partial charge in [-0.25, -0.2) is 0 Å². The highest BCUT2D eigenvalue weighted by atomic mass is 16.1. The van der Waals surface area contributed by atoms with Crippen molar-refractivity contribution in [2.24, 2.45) is 5.11 Å². The molecule has 0 unspecified atom stereocenters. The lowest BCUT2D eigenvalue weighted by atomic mass is 10.2. The Hall–Kier alpha value is -2.66. The summed E-state index contributed by atoms with van der Waals surface area (Å²) in [6.07, 6.45) is 3.28. The van der Waals surface area contributed by atoms with E-state index in [9.17, 15) is 4.79 Å². The Kier molecular flexibility index (Phi) is 2.62. The van der Waals surface area contributed by atoms with Crippen molar-refractivity contribution >= 4 is 5.91 Å². The van der Waals surface area contributed by atoms with Gasteiger partial charge < -0.3 is 0 Å². The van der Waals surface area contributed by atoms with Crippen LogP contribution >= 0.6 is 0 Å². The van der Waals surface area contributed by atoms with Crippen LogP contribution in [0.15, 0.2) is 35.7 Å². The van der Waals surface area contributed by atoms with Gasteiger partial charge in [0.05, 0.1) is 5.69 Å². The van der Waals surface area contributed by atoms with Gasteiger partial charge in [-0.1, -0.05) is 0 Å². The third-order valence-corrected chi connectivity index (χ3v) is 1.91. The Morgan fingerprint density at radius 3 is 3.12 bits per heavy atom. The quantitative estimate of drug-likeness (QED) is 0.579. The second-order valence-corrected chi connectivity index (χ2v) is 2.91. The fraction of sp³-hybridized carbons (Fsp3) is 0. The van der Waals surface area contributed by atoms with E-state index in [1.807, 2.05) is 6.07 Å². The number of H-pyrrole nitrogens is 1. The van der Waals surface area contributed by atoms with E-state index in [2.05, 4.69) is 25.2 Å². The topological polar surface area (TPSA) is 109 Å². The van der Waals surface area contributed by atoms with E-state index in [1.54, 1.807) is 18.5 Å². The molecule has 0 saturated carbocycles. The van der Waals surface area contributed by atoms with E-state index in [0.717, 1.165) is 5.56 Å². The van der Waals surface area contributed by atoms with E-state index in [4.69, 9.17) is 5.53 Å². The fourth-order valence-electron chi connectivity index (χ4n) is 1.19. The van der Waals surface area contributed by atoms with Crippen LogP contribution in [0.3, 0.4) is 0 Å². The Balaban J connectivity index is 2.33. The molecule has 16 heavy (non-hydrogen) atoms. The van der Waals surface area contributed by atoms with E-state index in [-0.39, 0.29) is 5.69 Å². The van der Waals surface area contributed by atoms with Crippen LogP contribution < -0.4 is 4.91 Å². The maximum atomic E-state index is 11.2. The lowest BCUT2D eigenvalue weighted by molar-refractivity contribution is 0.0987.